The number of hydrogen-bond donors (Lipinski definition) is 3. The number of aliphatic hydroxyl groups is 1. The summed E-state index contributed by atoms with van der Waals surface area (Å²) in [6.45, 7) is 11.3. The van der Waals surface area contributed by atoms with Crippen LogP contribution in [-0.2, 0) is 22.6 Å². The van der Waals surface area contributed by atoms with Crippen molar-refractivity contribution in [1.29, 1.82) is 0 Å². The molecule has 1 atom stereocenters. The Bertz CT molecular complexity index is 532. The lowest BCUT2D eigenvalue weighted by atomic mass is 10.0. The molecule has 1 rings (SSSR count). The quantitative estimate of drug-likeness (QED) is 0.243. The minimum atomic E-state index is 0.236. The van der Waals surface area contributed by atoms with E-state index in [2.05, 4.69) is 42.7 Å². The van der Waals surface area contributed by atoms with Gasteiger partial charge in [-0.2, -0.15) is 0 Å². The smallest absolute Gasteiger partial charge is 0.191 e. The number of aliphatic hydroxyl groups excluding tert-OH is 1. The third kappa shape index (κ3) is 11.3. The van der Waals surface area contributed by atoms with Gasteiger partial charge in [-0.15, -0.1) is 0 Å². The molecule has 0 saturated carbocycles. The molecule has 0 heterocycles. The van der Waals surface area contributed by atoms with Crippen molar-refractivity contribution in [2.24, 2.45) is 10.9 Å². The molecule has 0 saturated heterocycles. The maximum atomic E-state index is 9.22. The molecule has 6 nitrogen and oxygen atoms in total. The molecular weight excluding hydrogens is 354 g/mol. The van der Waals surface area contributed by atoms with Crippen LogP contribution in [0.1, 0.15) is 51.2 Å². The zero-order valence-electron chi connectivity index (χ0n) is 17.9. The van der Waals surface area contributed by atoms with Crippen LogP contribution in [0.3, 0.4) is 0 Å². The average molecular weight is 394 g/mol. The fourth-order valence-electron chi connectivity index (χ4n) is 2.96. The summed E-state index contributed by atoms with van der Waals surface area (Å²) >= 11 is 0. The third-order valence-corrected chi connectivity index (χ3v) is 4.39. The molecule has 0 bridgehead atoms. The molecular formula is C22H39N3O3. The Kier molecular flexibility index (Phi) is 14.2. The van der Waals surface area contributed by atoms with Crippen LogP contribution in [0.25, 0.3) is 0 Å². The molecule has 1 aromatic carbocycles. The molecule has 0 aromatic heterocycles. The minimum Gasteiger partial charge on any atom is -0.396 e. The fraction of sp³-hybridized carbons (Fsp3) is 0.682. The summed E-state index contributed by atoms with van der Waals surface area (Å²) in [5, 5.41) is 15.9. The van der Waals surface area contributed by atoms with Gasteiger partial charge in [-0.05, 0) is 43.7 Å². The Morgan fingerprint density at radius 2 is 1.86 bits per heavy atom. The number of guanidine groups is 1. The highest BCUT2D eigenvalue weighted by molar-refractivity contribution is 5.79. The Labute approximate surface area is 170 Å². The molecule has 0 radical (unpaired) electrons. The van der Waals surface area contributed by atoms with Crippen LogP contribution in [0.2, 0.25) is 0 Å². The molecule has 0 aliphatic carbocycles. The monoisotopic (exact) mass is 393 g/mol. The van der Waals surface area contributed by atoms with Crippen molar-refractivity contribution < 1.29 is 14.6 Å². The molecule has 0 aliphatic rings. The van der Waals surface area contributed by atoms with Gasteiger partial charge in [-0.1, -0.05) is 37.6 Å². The van der Waals surface area contributed by atoms with E-state index < -0.39 is 0 Å². The van der Waals surface area contributed by atoms with Crippen LogP contribution < -0.4 is 10.6 Å². The Balaban J connectivity index is 2.55. The highest BCUT2D eigenvalue weighted by Crippen LogP contribution is 2.10. The minimum absolute atomic E-state index is 0.236. The van der Waals surface area contributed by atoms with Crippen molar-refractivity contribution in [2.45, 2.75) is 53.2 Å². The van der Waals surface area contributed by atoms with Crippen molar-refractivity contribution in [3.63, 3.8) is 0 Å². The van der Waals surface area contributed by atoms with Crippen LogP contribution in [-0.4, -0.2) is 50.6 Å². The summed E-state index contributed by atoms with van der Waals surface area (Å²) in [4.78, 5) is 4.71. The zero-order valence-corrected chi connectivity index (χ0v) is 17.9. The fourth-order valence-corrected chi connectivity index (χ4v) is 2.96. The van der Waals surface area contributed by atoms with Crippen LogP contribution in [0.4, 0.5) is 0 Å². The maximum Gasteiger partial charge on any atom is 0.191 e. The Hall–Kier alpha value is -1.63. The van der Waals surface area contributed by atoms with Crippen molar-refractivity contribution in [3.8, 4) is 0 Å². The van der Waals surface area contributed by atoms with Crippen LogP contribution in [0, 0.1) is 5.92 Å². The summed E-state index contributed by atoms with van der Waals surface area (Å²) in [6, 6.07) is 8.34. The van der Waals surface area contributed by atoms with E-state index in [1.54, 1.807) is 0 Å². The van der Waals surface area contributed by atoms with Gasteiger partial charge in [0.15, 0.2) is 5.96 Å². The molecule has 1 aromatic rings. The topological polar surface area (TPSA) is 75.1 Å². The van der Waals surface area contributed by atoms with E-state index in [9.17, 15) is 5.11 Å². The first-order chi connectivity index (χ1) is 13.7. The van der Waals surface area contributed by atoms with Crippen molar-refractivity contribution in [2.75, 3.05) is 39.5 Å². The largest absolute Gasteiger partial charge is 0.396 e. The normalized spacial score (nSPS) is 12.8. The van der Waals surface area contributed by atoms with Gasteiger partial charge in [-0.25, -0.2) is 4.99 Å². The number of ether oxygens (including phenoxy) is 2. The second-order valence-electron chi connectivity index (χ2n) is 6.81. The second-order valence-corrected chi connectivity index (χ2v) is 6.81. The average Bonchev–Trinajstić information content (AvgIpc) is 2.70. The van der Waals surface area contributed by atoms with Gasteiger partial charge in [0.25, 0.3) is 0 Å². The number of nitrogens with one attached hydrogen (secondary N) is 2. The summed E-state index contributed by atoms with van der Waals surface area (Å²) in [5.74, 6) is 1.29. The number of hydrogen-bond acceptors (Lipinski definition) is 4. The van der Waals surface area contributed by atoms with Crippen LogP contribution in [0.5, 0.6) is 0 Å². The number of benzene rings is 1. The van der Waals surface area contributed by atoms with Crippen LogP contribution in [0.15, 0.2) is 29.3 Å². The van der Waals surface area contributed by atoms with E-state index in [-0.39, 0.29) is 6.61 Å². The molecule has 0 aliphatic heterocycles. The second kappa shape index (κ2) is 16.3. The first-order valence-electron chi connectivity index (χ1n) is 10.6. The first-order valence-corrected chi connectivity index (χ1v) is 10.6. The van der Waals surface area contributed by atoms with E-state index in [0.717, 1.165) is 56.0 Å². The van der Waals surface area contributed by atoms with E-state index in [4.69, 9.17) is 14.5 Å². The molecule has 6 heteroatoms. The molecule has 28 heavy (non-hydrogen) atoms. The van der Waals surface area contributed by atoms with E-state index in [1.165, 1.54) is 0 Å². The van der Waals surface area contributed by atoms with Gasteiger partial charge in [0.1, 0.15) is 0 Å². The molecule has 0 amide bonds. The summed E-state index contributed by atoms with van der Waals surface area (Å²) in [7, 11) is 0. The number of aliphatic imine (C=N–C) groups is 1. The standard InChI is InChI=1S/C22H39N3O3/c1-4-8-19(11-12-26)16-24-22(23-5-2)25-17-20-9-7-10-21(15-20)18-28-14-13-27-6-3/h7,9-10,15,19,26H,4-6,8,11-14,16-18H2,1-3H3,(H2,23,24,25). The lowest BCUT2D eigenvalue weighted by Crippen LogP contribution is -2.40. The molecule has 160 valence electrons. The first kappa shape index (κ1) is 24.4. The molecule has 1 unspecified atom stereocenters. The van der Waals surface area contributed by atoms with Crippen molar-refractivity contribution in [3.05, 3.63) is 35.4 Å². The predicted molar refractivity (Wildman–Crippen MR) is 116 cm³/mol. The van der Waals surface area contributed by atoms with Gasteiger partial charge in [0, 0.05) is 26.3 Å². The number of nitrogens with zero attached hydrogens (tertiary/aromatic N) is 1. The van der Waals surface area contributed by atoms with Gasteiger partial charge in [-0.3, -0.25) is 0 Å². The van der Waals surface area contributed by atoms with E-state index >= 15 is 0 Å². The van der Waals surface area contributed by atoms with Gasteiger partial charge in [0.2, 0.25) is 0 Å². The maximum absolute atomic E-state index is 9.22. The van der Waals surface area contributed by atoms with Gasteiger partial charge < -0.3 is 25.2 Å². The summed E-state index contributed by atoms with van der Waals surface area (Å²) in [6.07, 6.45) is 3.06. The van der Waals surface area contributed by atoms with E-state index in [1.807, 2.05) is 13.0 Å². The number of rotatable bonds is 15. The molecule has 3 N–H and O–H groups in total. The lowest BCUT2D eigenvalue weighted by molar-refractivity contribution is 0.0453. The van der Waals surface area contributed by atoms with E-state index in [0.29, 0.717) is 32.3 Å². The summed E-state index contributed by atoms with van der Waals surface area (Å²) < 4.78 is 10.9. The SMILES string of the molecule is CCCC(CCO)CNC(=NCc1cccc(COCCOCC)c1)NCC. The van der Waals surface area contributed by atoms with Crippen LogP contribution >= 0.6 is 0 Å². The van der Waals surface area contributed by atoms with Gasteiger partial charge in [0.05, 0.1) is 26.4 Å². The highest BCUT2D eigenvalue weighted by atomic mass is 16.5. The summed E-state index contributed by atoms with van der Waals surface area (Å²) in [5.41, 5.74) is 2.30. The zero-order chi connectivity index (χ0) is 20.5. The van der Waals surface area contributed by atoms with Crippen molar-refractivity contribution in [1.82, 2.24) is 10.6 Å². The highest BCUT2D eigenvalue weighted by Gasteiger charge is 2.08. The van der Waals surface area contributed by atoms with Crippen molar-refractivity contribution >= 4 is 5.96 Å². The Morgan fingerprint density at radius 1 is 1.07 bits per heavy atom. The third-order valence-electron chi connectivity index (χ3n) is 4.39. The van der Waals surface area contributed by atoms with Gasteiger partial charge >= 0.3 is 0 Å². The molecule has 0 fully saturated rings. The lowest BCUT2D eigenvalue weighted by Gasteiger charge is -2.18. The molecule has 0 spiro atoms. The predicted octanol–water partition coefficient (Wildman–Crippen LogP) is 3.09. The Morgan fingerprint density at radius 3 is 2.57 bits per heavy atom.